The molecule has 1 atom stereocenters. The number of aliphatic hydroxyl groups excluding tert-OH is 1. The van der Waals surface area contributed by atoms with Crippen molar-refractivity contribution in [1.29, 1.82) is 0 Å². The number of H-pyrrole nitrogens is 1. The predicted molar refractivity (Wildman–Crippen MR) is 89.6 cm³/mol. The van der Waals surface area contributed by atoms with Gasteiger partial charge in [0.1, 0.15) is 17.0 Å². The molecule has 0 saturated carbocycles. The molecule has 24 heavy (non-hydrogen) atoms. The fourth-order valence-electron chi connectivity index (χ4n) is 3.92. The molecule has 7 heteroatoms. The van der Waals surface area contributed by atoms with Crippen molar-refractivity contribution in [3.8, 4) is 0 Å². The zero-order valence-corrected chi connectivity index (χ0v) is 13.4. The summed E-state index contributed by atoms with van der Waals surface area (Å²) in [7, 11) is 0. The summed E-state index contributed by atoms with van der Waals surface area (Å²) in [4.78, 5) is 12.3. The smallest absolute Gasteiger partial charge is 0.139 e. The van der Waals surface area contributed by atoms with Crippen molar-refractivity contribution in [2.24, 2.45) is 0 Å². The average Bonchev–Trinajstić information content (AvgIpc) is 3.28. The molecule has 0 bridgehead atoms. The van der Waals surface area contributed by atoms with Gasteiger partial charge in [-0.3, -0.25) is 4.68 Å². The molecule has 0 saturated heterocycles. The summed E-state index contributed by atoms with van der Waals surface area (Å²) < 4.78 is 4.36. The summed E-state index contributed by atoms with van der Waals surface area (Å²) in [6.07, 6.45) is 5.75. The van der Waals surface area contributed by atoms with Gasteiger partial charge in [0.2, 0.25) is 0 Å². The van der Waals surface area contributed by atoms with E-state index >= 15 is 0 Å². The van der Waals surface area contributed by atoms with Crippen molar-refractivity contribution in [3.05, 3.63) is 41.7 Å². The number of hydrogen-bond donors (Lipinski definition) is 2. The maximum atomic E-state index is 9.32. The Morgan fingerprint density at radius 3 is 3.21 bits per heavy atom. The van der Waals surface area contributed by atoms with Crippen LogP contribution < -0.4 is 0 Å². The summed E-state index contributed by atoms with van der Waals surface area (Å²) in [5.74, 6) is 1.00. The van der Waals surface area contributed by atoms with Crippen LogP contribution in [0.2, 0.25) is 0 Å². The topological polar surface area (TPSA) is 84.6 Å². The third-order valence-electron chi connectivity index (χ3n) is 4.97. The van der Waals surface area contributed by atoms with Crippen LogP contribution in [-0.2, 0) is 19.6 Å². The predicted octanol–water partition coefficient (Wildman–Crippen LogP) is 2.10. The molecule has 5 heterocycles. The number of aromatic nitrogens is 6. The largest absolute Gasteiger partial charge is 0.390 e. The van der Waals surface area contributed by atoms with Crippen LogP contribution in [0.5, 0.6) is 0 Å². The maximum Gasteiger partial charge on any atom is 0.139 e. The molecule has 1 aliphatic rings. The molecule has 0 spiro atoms. The molecule has 5 rings (SSSR count). The van der Waals surface area contributed by atoms with E-state index in [1.807, 2.05) is 23.1 Å². The van der Waals surface area contributed by atoms with Crippen LogP contribution in [0.25, 0.3) is 22.1 Å². The molecular formula is C17H18N6O. The third-order valence-corrected chi connectivity index (χ3v) is 4.97. The summed E-state index contributed by atoms with van der Waals surface area (Å²) >= 11 is 0. The lowest BCUT2D eigenvalue weighted by Gasteiger charge is -2.26. The number of imidazole rings is 1. The fourth-order valence-corrected chi connectivity index (χ4v) is 3.92. The highest BCUT2D eigenvalue weighted by atomic mass is 16.3. The first-order chi connectivity index (χ1) is 11.7. The molecular weight excluding hydrogens is 304 g/mol. The summed E-state index contributed by atoms with van der Waals surface area (Å²) in [6.45, 7) is 2.85. The zero-order valence-electron chi connectivity index (χ0n) is 13.4. The van der Waals surface area contributed by atoms with Gasteiger partial charge in [0.15, 0.2) is 0 Å². The van der Waals surface area contributed by atoms with Gasteiger partial charge < -0.3 is 14.7 Å². The molecule has 4 aromatic heterocycles. The second-order valence-corrected chi connectivity index (χ2v) is 6.42. The molecule has 0 amide bonds. The van der Waals surface area contributed by atoms with Crippen LogP contribution in [0, 0.1) is 6.92 Å². The first-order valence-electron chi connectivity index (χ1n) is 8.21. The fraction of sp³-hybridized carbons (Fsp3) is 0.353. The molecule has 0 aromatic carbocycles. The number of aliphatic hydroxyl groups is 1. The number of fused-ring (bicyclic) bond motifs is 4. The van der Waals surface area contributed by atoms with Crippen molar-refractivity contribution in [1.82, 2.24) is 29.3 Å². The van der Waals surface area contributed by atoms with Gasteiger partial charge in [-0.05, 0) is 31.9 Å². The van der Waals surface area contributed by atoms with E-state index in [0.717, 1.165) is 53.0 Å². The summed E-state index contributed by atoms with van der Waals surface area (Å²) in [5, 5.41) is 14.9. The lowest BCUT2D eigenvalue weighted by Crippen LogP contribution is -2.24. The quantitative estimate of drug-likeness (QED) is 0.592. The van der Waals surface area contributed by atoms with Crippen LogP contribution in [0.4, 0.5) is 0 Å². The van der Waals surface area contributed by atoms with E-state index in [0.29, 0.717) is 6.04 Å². The number of rotatable bonds is 2. The second-order valence-electron chi connectivity index (χ2n) is 6.42. The highest BCUT2D eigenvalue weighted by Gasteiger charge is 2.25. The van der Waals surface area contributed by atoms with Crippen LogP contribution in [0.3, 0.4) is 0 Å². The maximum absolute atomic E-state index is 9.32. The molecule has 0 aliphatic carbocycles. The Morgan fingerprint density at radius 2 is 2.33 bits per heavy atom. The highest BCUT2D eigenvalue weighted by molar-refractivity contribution is 6.01. The number of hydrogen-bond acceptors (Lipinski definition) is 4. The minimum absolute atomic E-state index is 0.00660. The zero-order chi connectivity index (χ0) is 16.3. The third kappa shape index (κ3) is 1.85. The Hall–Kier alpha value is -2.67. The van der Waals surface area contributed by atoms with E-state index in [2.05, 4.69) is 32.6 Å². The van der Waals surface area contributed by atoms with Crippen molar-refractivity contribution in [3.63, 3.8) is 0 Å². The first-order valence-corrected chi connectivity index (χ1v) is 8.21. The number of aromatic amines is 1. The minimum atomic E-state index is -0.00660. The summed E-state index contributed by atoms with van der Waals surface area (Å²) in [5.41, 5.74) is 4.91. The van der Waals surface area contributed by atoms with Crippen molar-refractivity contribution < 1.29 is 5.11 Å². The molecule has 0 fully saturated rings. The van der Waals surface area contributed by atoms with Gasteiger partial charge in [0.05, 0.1) is 36.6 Å². The molecule has 122 valence electrons. The number of nitrogens with zero attached hydrogens (tertiary/aromatic N) is 5. The molecule has 7 nitrogen and oxygen atoms in total. The standard InChI is InChI=1S/C17H18N6O/c1-10-20-15-7-19-17-14(4-5-18-17)16(15)23(10)13-3-2-12-6-11(9-24)21-22(12)8-13/h4-7,13,24H,2-3,8-9H2,1H3,(H,18,19). The van der Waals surface area contributed by atoms with E-state index < -0.39 is 0 Å². The van der Waals surface area contributed by atoms with Gasteiger partial charge in [-0.1, -0.05) is 0 Å². The van der Waals surface area contributed by atoms with Gasteiger partial charge >= 0.3 is 0 Å². The first kappa shape index (κ1) is 13.7. The van der Waals surface area contributed by atoms with Crippen LogP contribution in [-0.4, -0.2) is 34.4 Å². The normalized spacial score (nSPS) is 17.7. The van der Waals surface area contributed by atoms with Gasteiger partial charge in [-0.25, -0.2) is 9.97 Å². The number of nitrogens with one attached hydrogen (secondary N) is 1. The monoisotopic (exact) mass is 322 g/mol. The number of aryl methyl sites for hydroxylation is 2. The molecule has 2 N–H and O–H groups in total. The van der Waals surface area contributed by atoms with E-state index in [-0.39, 0.29) is 6.61 Å². The van der Waals surface area contributed by atoms with Gasteiger partial charge in [-0.2, -0.15) is 5.10 Å². The van der Waals surface area contributed by atoms with Crippen LogP contribution in [0.15, 0.2) is 24.5 Å². The SMILES string of the molecule is Cc1nc2cnc3[nH]ccc3c2n1C1CCc2cc(CO)nn2C1. The van der Waals surface area contributed by atoms with Crippen LogP contribution in [0.1, 0.15) is 29.7 Å². The Labute approximate surface area is 138 Å². The summed E-state index contributed by atoms with van der Waals surface area (Å²) in [6, 6.07) is 4.37. The van der Waals surface area contributed by atoms with E-state index in [4.69, 9.17) is 4.98 Å². The van der Waals surface area contributed by atoms with Crippen LogP contribution >= 0.6 is 0 Å². The highest BCUT2D eigenvalue weighted by Crippen LogP contribution is 2.32. The van der Waals surface area contributed by atoms with Crippen molar-refractivity contribution in [2.45, 2.75) is 39.0 Å². The van der Waals surface area contributed by atoms with Gasteiger partial charge in [0, 0.05) is 17.3 Å². The van der Waals surface area contributed by atoms with Gasteiger partial charge in [-0.15, -0.1) is 0 Å². The second kappa shape index (κ2) is 4.91. The van der Waals surface area contributed by atoms with E-state index in [1.54, 1.807) is 0 Å². The molecule has 1 aliphatic heterocycles. The number of pyridine rings is 1. The minimum Gasteiger partial charge on any atom is -0.390 e. The Kier molecular flexibility index (Phi) is 2.81. The molecule has 1 unspecified atom stereocenters. The van der Waals surface area contributed by atoms with E-state index in [9.17, 15) is 5.11 Å². The van der Waals surface area contributed by atoms with Gasteiger partial charge in [0.25, 0.3) is 0 Å². The Balaban J connectivity index is 1.66. The Bertz CT molecular complexity index is 1060. The molecule has 0 radical (unpaired) electrons. The van der Waals surface area contributed by atoms with Crippen molar-refractivity contribution >= 4 is 22.1 Å². The average molecular weight is 322 g/mol. The lowest BCUT2D eigenvalue weighted by atomic mass is 10.0. The molecule has 4 aromatic rings. The van der Waals surface area contributed by atoms with Crippen molar-refractivity contribution in [2.75, 3.05) is 0 Å². The van der Waals surface area contributed by atoms with E-state index in [1.165, 1.54) is 5.69 Å². The Morgan fingerprint density at radius 1 is 1.42 bits per heavy atom. The lowest BCUT2D eigenvalue weighted by molar-refractivity contribution is 0.273.